The molecule has 1 aromatic rings. The predicted octanol–water partition coefficient (Wildman–Crippen LogP) is 1.49. The second-order valence-corrected chi connectivity index (χ2v) is 4.06. The van der Waals surface area contributed by atoms with E-state index in [4.69, 9.17) is 0 Å². The van der Waals surface area contributed by atoms with Crippen LogP contribution in [0.2, 0.25) is 0 Å². The lowest BCUT2D eigenvalue weighted by atomic mass is 10.3. The Morgan fingerprint density at radius 1 is 1.37 bits per heavy atom. The summed E-state index contributed by atoms with van der Waals surface area (Å²) in [6.07, 6.45) is 0. The molecule has 1 aliphatic heterocycles. The summed E-state index contributed by atoms with van der Waals surface area (Å²) >= 11 is 0. The maximum absolute atomic E-state index is 11.9. The Balaban J connectivity index is 2.16. The van der Waals surface area contributed by atoms with E-state index in [-0.39, 0.29) is 17.9 Å². The molecule has 0 aromatic heterocycles. The van der Waals surface area contributed by atoms with Gasteiger partial charge in [-0.3, -0.25) is 10.1 Å². The molecule has 0 atom stereocenters. The number of nitrogens with one attached hydrogen (secondary N) is 1. The predicted molar refractivity (Wildman–Crippen MR) is 66.8 cm³/mol. The molecule has 0 saturated carbocycles. The lowest BCUT2D eigenvalue weighted by Crippen LogP contribution is -2.38. The van der Waals surface area contributed by atoms with Gasteiger partial charge >= 0.3 is 12.1 Å². The minimum Gasteiger partial charge on any atom is -0.326 e. The van der Waals surface area contributed by atoms with Gasteiger partial charge in [-0.25, -0.2) is 14.5 Å². The van der Waals surface area contributed by atoms with Gasteiger partial charge in [0, 0.05) is 26.2 Å². The van der Waals surface area contributed by atoms with Crippen molar-refractivity contribution in [3.05, 3.63) is 34.4 Å². The first-order valence-corrected chi connectivity index (χ1v) is 5.57. The average Bonchev–Trinajstić information content (AvgIpc) is 2.70. The first-order valence-electron chi connectivity index (χ1n) is 5.57. The second kappa shape index (κ2) is 4.92. The molecule has 1 aliphatic rings. The summed E-state index contributed by atoms with van der Waals surface area (Å²) in [5, 5.41) is 13.2. The Labute approximate surface area is 108 Å². The Hall–Kier alpha value is -2.64. The first kappa shape index (κ1) is 12.8. The molecule has 19 heavy (non-hydrogen) atoms. The van der Waals surface area contributed by atoms with Crippen molar-refractivity contribution in [1.82, 2.24) is 9.80 Å². The Bertz CT molecular complexity index is 545. The van der Waals surface area contributed by atoms with E-state index in [1.54, 1.807) is 13.1 Å². The maximum atomic E-state index is 11.9. The number of benzene rings is 1. The van der Waals surface area contributed by atoms with E-state index in [1.165, 1.54) is 23.1 Å². The zero-order chi connectivity index (χ0) is 14.0. The molecule has 0 unspecified atom stereocenters. The van der Waals surface area contributed by atoms with Crippen molar-refractivity contribution in [2.24, 2.45) is 0 Å². The minimum absolute atomic E-state index is 0.0693. The highest BCUT2D eigenvalue weighted by Gasteiger charge is 2.31. The number of imide groups is 1. The Morgan fingerprint density at radius 3 is 2.63 bits per heavy atom. The van der Waals surface area contributed by atoms with Gasteiger partial charge in [-0.1, -0.05) is 12.1 Å². The Morgan fingerprint density at radius 2 is 2.05 bits per heavy atom. The third-order valence-corrected chi connectivity index (χ3v) is 2.80. The monoisotopic (exact) mass is 264 g/mol. The number of rotatable bonds is 2. The molecule has 8 heteroatoms. The fraction of sp³-hybridized carbons (Fsp3) is 0.273. The van der Waals surface area contributed by atoms with E-state index in [9.17, 15) is 19.7 Å². The largest absolute Gasteiger partial charge is 0.330 e. The molecule has 100 valence electrons. The van der Waals surface area contributed by atoms with Gasteiger partial charge in [0.1, 0.15) is 5.69 Å². The van der Waals surface area contributed by atoms with Gasteiger partial charge in [-0.15, -0.1) is 0 Å². The fourth-order valence-corrected chi connectivity index (χ4v) is 1.76. The van der Waals surface area contributed by atoms with Gasteiger partial charge in [0.25, 0.3) is 5.69 Å². The molecule has 0 spiro atoms. The SMILES string of the molecule is CN1CCN(C(=O)Nc2ccccc2[N+](=O)[O-])C1=O. The van der Waals surface area contributed by atoms with Crippen molar-refractivity contribution in [3.8, 4) is 0 Å². The summed E-state index contributed by atoms with van der Waals surface area (Å²) in [6.45, 7) is 0.713. The summed E-state index contributed by atoms with van der Waals surface area (Å²) in [4.78, 5) is 36.1. The molecule has 0 bridgehead atoms. The Kier molecular flexibility index (Phi) is 3.32. The van der Waals surface area contributed by atoms with Crippen molar-refractivity contribution < 1.29 is 14.5 Å². The fourth-order valence-electron chi connectivity index (χ4n) is 1.76. The molecular weight excluding hydrogens is 252 g/mol. The number of para-hydroxylation sites is 2. The van der Waals surface area contributed by atoms with Crippen LogP contribution in [0.15, 0.2) is 24.3 Å². The van der Waals surface area contributed by atoms with Crippen LogP contribution in [0.1, 0.15) is 0 Å². The van der Waals surface area contributed by atoms with E-state index >= 15 is 0 Å². The molecule has 1 fully saturated rings. The van der Waals surface area contributed by atoms with Crippen LogP contribution in [0.4, 0.5) is 21.0 Å². The van der Waals surface area contributed by atoms with Crippen molar-refractivity contribution in [1.29, 1.82) is 0 Å². The topological polar surface area (TPSA) is 95.8 Å². The van der Waals surface area contributed by atoms with Crippen LogP contribution < -0.4 is 5.32 Å². The number of amides is 4. The summed E-state index contributed by atoms with van der Waals surface area (Å²) in [5.74, 6) is 0. The highest BCUT2D eigenvalue weighted by atomic mass is 16.6. The molecule has 1 aromatic carbocycles. The van der Waals surface area contributed by atoms with Gasteiger partial charge in [0.2, 0.25) is 0 Å². The summed E-state index contributed by atoms with van der Waals surface area (Å²) in [7, 11) is 1.58. The van der Waals surface area contributed by atoms with Gasteiger partial charge < -0.3 is 10.2 Å². The molecule has 1 saturated heterocycles. The average molecular weight is 264 g/mol. The normalized spacial score (nSPS) is 14.7. The van der Waals surface area contributed by atoms with Crippen molar-refractivity contribution in [2.45, 2.75) is 0 Å². The zero-order valence-electron chi connectivity index (χ0n) is 10.2. The molecule has 4 amide bonds. The van der Waals surface area contributed by atoms with Crippen molar-refractivity contribution in [3.63, 3.8) is 0 Å². The quantitative estimate of drug-likeness (QED) is 0.646. The molecule has 1 N–H and O–H groups in total. The van der Waals surface area contributed by atoms with Crippen LogP contribution >= 0.6 is 0 Å². The van der Waals surface area contributed by atoms with Crippen LogP contribution in [-0.2, 0) is 0 Å². The third-order valence-electron chi connectivity index (χ3n) is 2.80. The van der Waals surface area contributed by atoms with E-state index in [1.807, 2.05) is 0 Å². The van der Waals surface area contributed by atoms with E-state index in [0.717, 1.165) is 4.90 Å². The van der Waals surface area contributed by atoms with Crippen molar-refractivity contribution in [2.75, 3.05) is 25.5 Å². The number of carbonyl (C=O) groups is 2. The van der Waals surface area contributed by atoms with Gasteiger partial charge in [-0.05, 0) is 6.07 Å². The highest BCUT2D eigenvalue weighted by Crippen LogP contribution is 2.23. The lowest BCUT2D eigenvalue weighted by Gasteiger charge is -2.14. The maximum Gasteiger partial charge on any atom is 0.330 e. The number of carbonyl (C=O) groups excluding carboxylic acids is 2. The number of hydrogen-bond donors (Lipinski definition) is 1. The standard InChI is InChI=1S/C11H12N4O4/c1-13-6-7-14(11(13)17)10(16)12-8-4-2-3-5-9(8)15(18)19/h2-5H,6-7H2,1H3,(H,12,16). The van der Waals surface area contributed by atoms with E-state index in [0.29, 0.717) is 6.54 Å². The lowest BCUT2D eigenvalue weighted by molar-refractivity contribution is -0.383. The van der Waals surface area contributed by atoms with E-state index < -0.39 is 17.0 Å². The molecule has 0 aliphatic carbocycles. The van der Waals surface area contributed by atoms with Crippen LogP contribution in [0, 0.1) is 10.1 Å². The zero-order valence-corrected chi connectivity index (χ0v) is 10.2. The number of likely N-dealkylation sites (N-methyl/N-ethyl adjacent to an activating group) is 1. The summed E-state index contributed by atoms with van der Waals surface area (Å²) in [6, 6.07) is 4.69. The minimum atomic E-state index is -0.663. The number of hydrogen-bond acceptors (Lipinski definition) is 4. The summed E-state index contributed by atoms with van der Waals surface area (Å²) < 4.78 is 0. The van der Waals surface area contributed by atoms with Gasteiger partial charge in [0.05, 0.1) is 4.92 Å². The molecule has 8 nitrogen and oxygen atoms in total. The highest BCUT2D eigenvalue weighted by molar-refractivity contribution is 6.02. The number of urea groups is 2. The van der Waals surface area contributed by atoms with Gasteiger partial charge in [0.15, 0.2) is 0 Å². The third kappa shape index (κ3) is 2.46. The van der Waals surface area contributed by atoms with Crippen LogP contribution in [0.25, 0.3) is 0 Å². The molecule has 1 heterocycles. The molecular formula is C11H12N4O4. The first-order chi connectivity index (χ1) is 9.00. The van der Waals surface area contributed by atoms with Crippen molar-refractivity contribution >= 4 is 23.4 Å². The van der Waals surface area contributed by atoms with E-state index in [2.05, 4.69) is 5.32 Å². The van der Waals surface area contributed by atoms with Crippen LogP contribution in [-0.4, -0.2) is 46.9 Å². The number of anilines is 1. The van der Waals surface area contributed by atoms with Gasteiger partial charge in [-0.2, -0.15) is 0 Å². The smallest absolute Gasteiger partial charge is 0.326 e. The number of nitrogens with zero attached hydrogens (tertiary/aromatic N) is 3. The second-order valence-electron chi connectivity index (χ2n) is 4.06. The number of nitro groups is 1. The molecule has 2 rings (SSSR count). The number of nitro benzene ring substituents is 1. The molecule has 0 radical (unpaired) electrons. The van der Waals surface area contributed by atoms with Crippen LogP contribution in [0.5, 0.6) is 0 Å². The van der Waals surface area contributed by atoms with Crippen LogP contribution in [0.3, 0.4) is 0 Å². The summed E-state index contributed by atoms with van der Waals surface area (Å²) in [5.41, 5.74) is -0.143.